The molecule has 9 heteroatoms. The second kappa shape index (κ2) is 11.6. The highest BCUT2D eigenvalue weighted by molar-refractivity contribution is 6.12. The molecule has 0 atom stereocenters. The predicted molar refractivity (Wildman–Crippen MR) is 144 cm³/mol. The molecule has 1 saturated heterocycles. The second-order valence-electron chi connectivity index (χ2n) is 10.0. The molecule has 4 N–H and O–H groups in total. The Labute approximate surface area is 214 Å². The summed E-state index contributed by atoms with van der Waals surface area (Å²) in [5.74, 6) is 2.28. The van der Waals surface area contributed by atoms with E-state index in [0.717, 1.165) is 63.7 Å². The zero-order valence-corrected chi connectivity index (χ0v) is 21.5. The Hall–Kier alpha value is -3.33. The number of nitrogens with two attached hydrogens (primary N) is 1. The summed E-state index contributed by atoms with van der Waals surface area (Å²) in [5, 5.41) is 12.4. The van der Waals surface area contributed by atoms with Gasteiger partial charge in [-0.05, 0) is 56.2 Å². The second-order valence-corrected chi connectivity index (χ2v) is 10.0. The average molecular weight is 494 g/mol. The lowest BCUT2D eigenvalue weighted by Crippen LogP contribution is -2.40. The normalized spacial score (nSPS) is 21.4. The lowest BCUT2D eigenvalue weighted by molar-refractivity contribution is -0.126. The number of likely N-dealkylation sites (N-methyl/N-ethyl adjacent to an activating group) is 1. The molecule has 36 heavy (non-hydrogen) atoms. The number of rotatable bonds is 8. The van der Waals surface area contributed by atoms with Gasteiger partial charge in [0.25, 0.3) is 5.91 Å². The van der Waals surface area contributed by atoms with E-state index in [1.165, 1.54) is 6.20 Å². The van der Waals surface area contributed by atoms with E-state index < -0.39 is 0 Å². The SMILES string of the molecule is C=C(/N=C1\C(=C/N)C=C(C(=O)N(C)C)N1C1CCCC1)Nc1ccc(N2CCC(CCO)CC2)cn1. The van der Waals surface area contributed by atoms with E-state index in [2.05, 4.69) is 27.8 Å². The fourth-order valence-corrected chi connectivity index (χ4v) is 5.31. The van der Waals surface area contributed by atoms with Crippen molar-refractivity contribution in [2.45, 2.75) is 51.0 Å². The predicted octanol–water partition coefficient (Wildman–Crippen LogP) is 3.03. The van der Waals surface area contributed by atoms with Crippen molar-refractivity contribution in [1.29, 1.82) is 0 Å². The van der Waals surface area contributed by atoms with Crippen LogP contribution in [0.25, 0.3) is 0 Å². The van der Waals surface area contributed by atoms with Crippen molar-refractivity contribution in [3.8, 4) is 0 Å². The van der Waals surface area contributed by atoms with Crippen LogP contribution < -0.4 is 16.0 Å². The number of nitrogens with one attached hydrogen (secondary N) is 1. The van der Waals surface area contributed by atoms with E-state index in [4.69, 9.17) is 10.7 Å². The van der Waals surface area contributed by atoms with E-state index in [1.54, 1.807) is 19.0 Å². The van der Waals surface area contributed by atoms with E-state index >= 15 is 0 Å². The zero-order chi connectivity index (χ0) is 25.7. The number of aromatic nitrogens is 1. The molecule has 1 aromatic heterocycles. The molecular formula is C27H39N7O2. The van der Waals surface area contributed by atoms with Gasteiger partial charge in [0, 0.05) is 51.6 Å². The van der Waals surface area contributed by atoms with Gasteiger partial charge in [-0.1, -0.05) is 19.4 Å². The van der Waals surface area contributed by atoms with Crippen molar-refractivity contribution in [2.24, 2.45) is 16.6 Å². The molecule has 1 saturated carbocycles. The highest BCUT2D eigenvalue weighted by atomic mass is 16.3. The first-order chi connectivity index (χ1) is 17.4. The molecule has 9 nitrogen and oxygen atoms in total. The summed E-state index contributed by atoms with van der Waals surface area (Å²) in [5.41, 5.74) is 8.35. The van der Waals surface area contributed by atoms with Gasteiger partial charge in [0.15, 0.2) is 0 Å². The van der Waals surface area contributed by atoms with E-state index in [1.807, 2.05) is 23.2 Å². The third-order valence-electron chi connectivity index (χ3n) is 7.31. The number of aliphatic hydroxyl groups excluding tert-OH is 1. The van der Waals surface area contributed by atoms with Crippen LogP contribution in [0.5, 0.6) is 0 Å². The lowest BCUT2D eigenvalue weighted by atomic mass is 9.94. The molecule has 0 spiro atoms. The summed E-state index contributed by atoms with van der Waals surface area (Å²) in [6, 6.07) is 4.20. The average Bonchev–Trinajstić information content (AvgIpc) is 3.52. The van der Waals surface area contributed by atoms with Gasteiger partial charge in [0.1, 0.15) is 23.2 Å². The van der Waals surface area contributed by atoms with Crippen LogP contribution in [0, 0.1) is 5.92 Å². The Morgan fingerprint density at radius 1 is 1.28 bits per heavy atom. The van der Waals surface area contributed by atoms with Gasteiger partial charge in [0.05, 0.1) is 11.9 Å². The molecule has 1 aliphatic carbocycles. The quantitative estimate of drug-likeness (QED) is 0.511. The Bertz CT molecular complexity index is 1030. The highest BCUT2D eigenvalue weighted by Gasteiger charge is 2.37. The molecule has 0 bridgehead atoms. The molecule has 3 heterocycles. The fraction of sp³-hybridized carbons (Fsp3) is 0.519. The van der Waals surface area contributed by atoms with Gasteiger partial charge in [-0.2, -0.15) is 0 Å². The number of hydrogen-bond donors (Lipinski definition) is 3. The van der Waals surface area contributed by atoms with Crippen molar-refractivity contribution in [2.75, 3.05) is 44.0 Å². The van der Waals surface area contributed by atoms with E-state index in [9.17, 15) is 9.90 Å². The van der Waals surface area contributed by atoms with Crippen LogP contribution >= 0.6 is 0 Å². The molecule has 0 radical (unpaired) electrons. The minimum atomic E-state index is -0.0670. The lowest BCUT2D eigenvalue weighted by Gasteiger charge is -2.33. The standard InChI is InChI=1S/C27H39N7O2/c1-19(30-25-9-8-23(18-29-25)33-13-10-20(11-14-33)12-15-35)31-26-21(17-28)16-24(27(36)32(2)3)34(26)22-6-4-5-7-22/h8-9,16-18,20,22,35H,1,4-7,10-15,28H2,2-3H3,(H,29,30)/b21-17-,31-26+. The fourth-order valence-electron chi connectivity index (χ4n) is 5.31. The van der Waals surface area contributed by atoms with Crippen LogP contribution in [0.2, 0.25) is 0 Å². The maximum atomic E-state index is 12.9. The van der Waals surface area contributed by atoms with Crippen LogP contribution in [-0.2, 0) is 4.79 Å². The Kier molecular flexibility index (Phi) is 8.30. The maximum Gasteiger partial charge on any atom is 0.270 e. The van der Waals surface area contributed by atoms with E-state index in [0.29, 0.717) is 34.7 Å². The first-order valence-electron chi connectivity index (χ1n) is 12.9. The molecule has 0 unspecified atom stereocenters. The number of anilines is 2. The monoisotopic (exact) mass is 493 g/mol. The topological polar surface area (TPSA) is 110 Å². The van der Waals surface area contributed by atoms with Crippen molar-refractivity contribution in [3.63, 3.8) is 0 Å². The molecule has 194 valence electrons. The summed E-state index contributed by atoms with van der Waals surface area (Å²) in [7, 11) is 3.51. The maximum absolute atomic E-state index is 12.9. The number of nitrogens with zero attached hydrogens (tertiary/aromatic N) is 5. The molecular weight excluding hydrogens is 454 g/mol. The van der Waals surface area contributed by atoms with Crippen molar-refractivity contribution in [1.82, 2.24) is 14.8 Å². The number of amidine groups is 1. The van der Waals surface area contributed by atoms with Crippen LogP contribution in [0.15, 0.2) is 59.3 Å². The molecule has 1 amide bonds. The van der Waals surface area contributed by atoms with Crippen molar-refractivity contribution in [3.05, 3.63) is 54.3 Å². The molecule has 3 aliphatic rings. The molecule has 2 aliphatic heterocycles. The molecule has 2 fully saturated rings. The van der Waals surface area contributed by atoms with Gasteiger partial charge in [-0.15, -0.1) is 0 Å². The zero-order valence-electron chi connectivity index (χ0n) is 21.5. The smallest absolute Gasteiger partial charge is 0.270 e. The largest absolute Gasteiger partial charge is 0.404 e. The van der Waals surface area contributed by atoms with Gasteiger partial charge < -0.3 is 30.9 Å². The number of piperidine rings is 1. The third-order valence-corrected chi connectivity index (χ3v) is 7.31. The summed E-state index contributed by atoms with van der Waals surface area (Å²) in [4.78, 5) is 28.2. The summed E-state index contributed by atoms with van der Waals surface area (Å²) in [6.07, 6.45) is 12.6. The first-order valence-corrected chi connectivity index (χ1v) is 12.9. The Morgan fingerprint density at radius 3 is 2.58 bits per heavy atom. The summed E-state index contributed by atoms with van der Waals surface area (Å²) < 4.78 is 0. The van der Waals surface area contributed by atoms with Crippen LogP contribution in [0.1, 0.15) is 44.9 Å². The summed E-state index contributed by atoms with van der Waals surface area (Å²) in [6.45, 7) is 6.33. The number of aliphatic hydroxyl groups is 1. The van der Waals surface area contributed by atoms with Crippen molar-refractivity contribution >= 4 is 23.2 Å². The molecule has 1 aromatic rings. The van der Waals surface area contributed by atoms with Crippen LogP contribution in [0.4, 0.5) is 11.5 Å². The van der Waals surface area contributed by atoms with Crippen LogP contribution in [-0.4, -0.2) is 71.5 Å². The number of hydrogen-bond acceptors (Lipinski definition) is 7. The summed E-state index contributed by atoms with van der Waals surface area (Å²) >= 11 is 0. The minimum absolute atomic E-state index is 0.0670. The third kappa shape index (κ3) is 5.73. The number of carbonyl (C=O) groups is 1. The van der Waals surface area contributed by atoms with Crippen LogP contribution in [0.3, 0.4) is 0 Å². The van der Waals surface area contributed by atoms with Crippen molar-refractivity contribution < 1.29 is 9.90 Å². The minimum Gasteiger partial charge on any atom is -0.404 e. The van der Waals surface area contributed by atoms with Gasteiger partial charge in [-0.25, -0.2) is 9.98 Å². The van der Waals surface area contributed by atoms with Gasteiger partial charge in [0.2, 0.25) is 0 Å². The number of pyridine rings is 1. The number of aliphatic imine (C=N–C) groups is 1. The molecule has 0 aromatic carbocycles. The Morgan fingerprint density at radius 2 is 2.00 bits per heavy atom. The number of carbonyl (C=O) groups excluding carboxylic acids is 1. The highest BCUT2D eigenvalue weighted by Crippen LogP contribution is 2.34. The molecule has 4 rings (SSSR count). The van der Waals surface area contributed by atoms with Gasteiger partial charge in [-0.3, -0.25) is 4.79 Å². The van der Waals surface area contributed by atoms with Gasteiger partial charge >= 0.3 is 0 Å². The van der Waals surface area contributed by atoms with E-state index in [-0.39, 0.29) is 18.6 Å². The Balaban J connectivity index is 1.46. The number of amides is 1. The first kappa shape index (κ1) is 25.8.